The van der Waals surface area contributed by atoms with Crippen molar-refractivity contribution in [2.24, 2.45) is 0 Å². The summed E-state index contributed by atoms with van der Waals surface area (Å²) in [6.07, 6.45) is 0. The first-order chi connectivity index (χ1) is 7.63. The Balaban J connectivity index is -0.000000853. The first-order valence-electron chi connectivity index (χ1n) is 4.27. The van der Waals surface area contributed by atoms with Crippen LogP contribution in [0.5, 0.6) is 5.75 Å². The van der Waals surface area contributed by atoms with E-state index in [1.165, 1.54) is 24.3 Å². The molecule has 0 unspecified atom stereocenters. The molecule has 0 atom stereocenters. The highest BCUT2D eigenvalue weighted by Gasteiger charge is 2.06. The van der Waals surface area contributed by atoms with Crippen molar-refractivity contribution in [3.63, 3.8) is 0 Å². The number of nitrogens with zero attached hydrogens (tertiary/aromatic N) is 1. The molecule has 0 saturated carbocycles. The smallest absolute Gasteiger partial charge is 0.346 e. The molecule has 0 spiro atoms. The SMILES string of the molecule is C.C.C.O=C(COc1ccc([N+](=O)[O-])cc1)OCO. The predicted octanol–water partition coefficient (Wildman–Crippen LogP) is 2.37. The van der Waals surface area contributed by atoms with E-state index >= 15 is 0 Å². The summed E-state index contributed by atoms with van der Waals surface area (Å²) in [5.74, 6) is -0.415. The minimum absolute atomic E-state index is 0. The molecule has 19 heavy (non-hydrogen) atoms. The molecule has 0 heterocycles. The number of ether oxygens (including phenoxy) is 2. The van der Waals surface area contributed by atoms with Crippen molar-refractivity contribution in [1.82, 2.24) is 0 Å². The van der Waals surface area contributed by atoms with Crippen LogP contribution in [-0.2, 0) is 9.53 Å². The zero-order chi connectivity index (χ0) is 12.0. The van der Waals surface area contributed by atoms with E-state index in [9.17, 15) is 14.9 Å². The maximum atomic E-state index is 10.8. The van der Waals surface area contributed by atoms with Gasteiger partial charge in [0.05, 0.1) is 4.92 Å². The van der Waals surface area contributed by atoms with Crippen LogP contribution < -0.4 is 4.74 Å². The topological polar surface area (TPSA) is 98.9 Å². The number of carbonyl (C=O) groups excluding carboxylic acids is 1. The van der Waals surface area contributed by atoms with E-state index in [2.05, 4.69) is 4.74 Å². The molecule has 7 nitrogen and oxygen atoms in total. The Bertz CT molecular complexity index is 376. The van der Waals surface area contributed by atoms with Crippen LogP contribution >= 0.6 is 0 Å². The van der Waals surface area contributed by atoms with Crippen molar-refractivity contribution in [2.45, 2.75) is 22.3 Å². The second kappa shape index (κ2) is 11.0. The van der Waals surface area contributed by atoms with E-state index in [4.69, 9.17) is 9.84 Å². The van der Waals surface area contributed by atoms with Gasteiger partial charge in [-0.15, -0.1) is 0 Å². The lowest BCUT2D eigenvalue weighted by atomic mass is 10.3. The standard InChI is InChI=1S/C9H9NO6.3CH4/c11-6-16-9(12)5-15-8-3-1-7(2-4-8)10(13)14;;;/h1-4,11H,5-6H2;3*1H4. The quantitative estimate of drug-likeness (QED) is 0.383. The van der Waals surface area contributed by atoms with Crippen LogP contribution in [0.15, 0.2) is 24.3 Å². The maximum Gasteiger partial charge on any atom is 0.346 e. The van der Waals surface area contributed by atoms with Gasteiger partial charge < -0.3 is 14.6 Å². The van der Waals surface area contributed by atoms with Crippen LogP contribution in [0.25, 0.3) is 0 Å². The molecule has 0 bridgehead atoms. The molecule has 1 rings (SSSR count). The highest BCUT2D eigenvalue weighted by atomic mass is 16.6. The van der Waals surface area contributed by atoms with Gasteiger partial charge in [-0.25, -0.2) is 4.79 Å². The highest BCUT2D eigenvalue weighted by molar-refractivity contribution is 5.71. The molecule has 1 N–H and O–H groups in total. The average molecular weight is 275 g/mol. The summed E-state index contributed by atoms with van der Waals surface area (Å²) in [5, 5.41) is 18.6. The molecular weight excluding hydrogens is 254 g/mol. The lowest BCUT2D eigenvalue weighted by Crippen LogP contribution is -2.15. The Hall–Kier alpha value is -2.15. The highest BCUT2D eigenvalue weighted by Crippen LogP contribution is 2.17. The summed E-state index contributed by atoms with van der Waals surface area (Å²) in [6.45, 7) is -1.07. The van der Waals surface area contributed by atoms with E-state index in [-0.39, 0.29) is 34.6 Å². The number of benzene rings is 1. The molecule has 0 aliphatic rings. The van der Waals surface area contributed by atoms with Crippen LogP contribution in [0.3, 0.4) is 0 Å². The zero-order valence-corrected chi connectivity index (χ0v) is 8.16. The number of nitro groups is 1. The van der Waals surface area contributed by atoms with E-state index in [0.29, 0.717) is 5.75 Å². The van der Waals surface area contributed by atoms with Gasteiger partial charge in [-0.05, 0) is 12.1 Å². The van der Waals surface area contributed by atoms with E-state index in [0.717, 1.165) is 0 Å². The largest absolute Gasteiger partial charge is 0.482 e. The van der Waals surface area contributed by atoms with Crippen molar-refractivity contribution < 1.29 is 24.3 Å². The number of hydrogen-bond donors (Lipinski definition) is 1. The number of carbonyl (C=O) groups is 1. The minimum Gasteiger partial charge on any atom is -0.482 e. The van der Waals surface area contributed by atoms with Crippen molar-refractivity contribution in [3.05, 3.63) is 34.4 Å². The van der Waals surface area contributed by atoms with Gasteiger partial charge in [0.1, 0.15) is 5.75 Å². The molecule has 0 aliphatic heterocycles. The predicted molar refractivity (Wildman–Crippen MR) is 72.0 cm³/mol. The summed E-state index contributed by atoms with van der Waals surface area (Å²) in [7, 11) is 0. The Kier molecular flexibility index (Phi) is 12.7. The second-order valence-corrected chi connectivity index (χ2v) is 2.69. The Morgan fingerprint density at radius 2 is 1.74 bits per heavy atom. The van der Waals surface area contributed by atoms with Crippen molar-refractivity contribution in [2.75, 3.05) is 13.4 Å². The van der Waals surface area contributed by atoms with Crippen molar-refractivity contribution in [1.29, 1.82) is 0 Å². The van der Waals surface area contributed by atoms with Crippen LogP contribution in [0.4, 0.5) is 5.69 Å². The summed E-state index contributed by atoms with van der Waals surface area (Å²) >= 11 is 0. The van der Waals surface area contributed by atoms with Gasteiger partial charge in [0.15, 0.2) is 13.4 Å². The van der Waals surface area contributed by atoms with Gasteiger partial charge in [0.2, 0.25) is 0 Å². The van der Waals surface area contributed by atoms with E-state index in [1.807, 2.05) is 0 Å². The lowest BCUT2D eigenvalue weighted by Gasteiger charge is -2.04. The van der Waals surface area contributed by atoms with Crippen molar-refractivity contribution in [3.8, 4) is 5.75 Å². The number of hydrogen-bond acceptors (Lipinski definition) is 6. The van der Waals surface area contributed by atoms with Gasteiger partial charge in [0.25, 0.3) is 5.69 Å². The number of aliphatic hydroxyl groups is 1. The van der Waals surface area contributed by atoms with Crippen LogP contribution in [0, 0.1) is 10.1 Å². The second-order valence-electron chi connectivity index (χ2n) is 2.69. The number of esters is 1. The van der Waals surface area contributed by atoms with Crippen LogP contribution in [0.1, 0.15) is 22.3 Å². The maximum absolute atomic E-state index is 10.8. The molecule has 0 saturated heterocycles. The number of rotatable bonds is 5. The Labute approximate surface area is 112 Å². The first kappa shape index (κ1) is 22.1. The fourth-order valence-corrected chi connectivity index (χ4v) is 0.920. The lowest BCUT2D eigenvalue weighted by molar-refractivity contribution is -0.384. The summed E-state index contributed by atoms with van der Waals surface area (Å²) in [6, 6.07) is 5.24. The Morgan fingerprint density at radius 3 is 2.16 bits per heavy atom. The van der Waals surface area contributed by atoms with E-state index in [1.54, 1.807) is 0 Å². The Morgan fingerprint density at radius 1 is 1.21 bits per heavy atom. The van der Waals surface area contributed by atoms with Gasteiger partial charge in [-0.2, -0.15) is 0 Å². The molecule has 0 aliphatic carbocycles. The van der Waals surface area contributed by atoms with Gasteiger partial charge in [-0.1, -0.05) is 22.3 Å². The molecule has 0 amide bonds. The third kappa shape index (κ3) is 7.72. The molecule has 0 fully saturated rings. The molecule has 0 aromatic heterocycles. The molecule has 1 aromatic rings. The fraction of sp³-hybridized carbons (Fsp3) is 0.417. The monoisotopic (exact) mass is 275 g/mol. The molecular formula is C12H21NO6. The third-order valence-electron chi connectivity index (χ3n) is 1.63. The molecule has 7 heteroatoms. The number of aliphatic hydroxyl groups excluding tert-OH is 1. The summed E-state index contributed by atoms with van der Waals surface area (Å²) < 4.78 is 9.16. The molecule has 0 radical (unpaired) electrons. The summed E-state index contributed by atoms with van der Waals surface area (Å²) in [5.41, 5.74) is -0.0646. The van der Waals surface area contributed by atoms with Gasteiger partial charge >= 0.3 is 5.97 Å². The van der Waals surface area contributed by atoms with E-state index < -0.39 is 17.7 Å². The number of nitro benzene ring substituents is 1. The molecule has 110 valence electrons. The number of non-ortho nitro benzene ring substituents is 1. The first-order valence-corrected chi connectivity index (χ1v) is 4.27. The normalized spacial score (nSPS) is 8.05. The fourth-order valence-electron chi connectivity index (χ4n) is 0.920. The van der Waals surface area contributed by atoms with Gasteiger partial charge in [-0.3, -0.25) is 10.1 Å². The molecule has 1 aromatic carbocycles. The van der Waals surface area contributed by atoms with Crippen LogP contribution in [-0.4, -0.2) is 29.4 Å². The van der Waals surface area contributed by atoms with Gasteiger partial charge in [0, 0.05) is 12.1 Å². The average Bonchev–Trinajstić information content (AvgIpc) is 2.27. The van der Waals surface area contributed by atoms with Crippen LogP contribution in [0.2, 0.25) is 0 Å². The van der Waals surface area contributed by atoms with Crippen molar-refractivity contribution >= 4 is 11.7 Å². The third-order valence-corrected chi connectivity index (χ3v) is 1.63. The minimum atomic E-state index is -0.721. The zero-order valence-electron chi connectivity index (χ0n) is 8.16. The summed E-state index contributed by atoms with van der Waals surface area (Å²) in [4.78, 5) is 20.6.